The van der Waals surface area contributed by atoms with Gasteiger partial charge in [-0.1, -0.05) is 0 Å². The second-order valence-corrected chi connectivity index (χ2v) is 1.54. The molecule has 0 aromatic carbocycles. The fourth-order valence-electron chi connectivity index (χ4n) is 0.362. The summed E-state index contributed by atoms with van der Waals surface area (Å²) >= 11 is 0. The van der Waals surface area contributed by atoms with E-state index in [0.29, 0.717) is 0 Å². The third kappa shape index (κ3) is 2.78. The average molecular weight is 125 g/mol. The molecule has 0 fully saturated rings. The van der Waals surface area contributed by atoms with Crippen molar-refractivity contribution in [3.8, 4) is 12.3 Å². The van der Waals surface area contributed by atoms with Gasteiger partial charge in [-0.15, -0.1) is 12.3 Å². The Labute approximate surface area is 55.0 Å². The van der Waals surface area contributed by atoms with Gasteiger partial charge in [0.25, 0.3) is 0 Å². The molecule has 0 unspecified atom stereocenters. The highest BCUT2D eigenvalue weighted by molar-refractivity contribution is 6.06. The standard InChI is InChI=1S/C5H8BNO2/c1-2-3-4(7)5(8)9-6/h1,4H,3,6-7H2/t4-/m0/s1. The molecular weight excluding hydrogens is 117 g/mol. The molecule has 48 valence electrons. The largest absolute Gasteiger partial charge is 0.542 e. The summed E-state index contributed by atoms with van der Waals surface area (Å²) in [4.78, 5) is 10.5. The van der Waals surface area contributed by atoms with E-state index in [4.69, 9.17) is 12.2 Å². The maximum absolute atomic E-state index is 10.5. The van der Waals surface area contributed by atoms with Crippen molar-refractivity contribution in [2.24, 2.45) is 5.73 Å². The fourth-order valence-corrected chi connectivity index (χ4v) is 0.362. The summed E-state index contributed by atoms with van der Waals surface area (Å²) in [5.74, 6) is 1.79. The van der Waals surface area contributed by atoms with Crippen LogP contribution >= 0.6 is 0 Å². The van der Waals surface area contributed by atoms with Gasteiger partial charge in [-0.05, 0) is 0 Å². The van der Waals surface area contributed by atoms with E-state index < -0.39 is 12.0 Å². The number of carbonyl (C=O) groups is 1. The van der Waals surface area contributed by atoms with Crippen molar-refractivity contribution in [3.05, 3.63) is 0 Å². The highest BCUT2D eigenvalue weighted by atomic mass is 16.5. The van der Waals surface area contributed by atoms with Crippen molar-refractivity contribution in [2.45, 2.75) is 12.5 Å². The number of nitrogens with two attached hydrogens (primary N) is 1. The van der Waals surface area contributed by atoms with Crippen LogP contribution < -0.4 is 5.73 Å². The highest BCUT2D eigenvalue weighted by Gasteiger charge is 2.09. The lowest BCUT2D eigenvalue weighted by Gasteiger charge is -2.03. The van der Waals surface area contributed by atoms with Gasteiger partial charge < -0.3 is 10.4 Å². The molecule has 0 aliphatic carbocycles. The van der Waals surface area contributed by atoms with Crippen LogP contribution in [0.2, 0.25) is 0 Å². The van der Waals surface area contributed by atoms with Gasteiger partial charge in [-0.25, -0.2) is 0 Å². The second kappa shape index (κ2) is 3.99. The van der Waals surface area contributed by atoms with Crippen LogP contribution in [0, 0.1) is 12.3 Å². The highest BCUT2D eigenvalue weighted by Crippen LogP contribution is 1.86. The lowest BCUT2D eigenvalue weighted by atomic mass is 10.2. The first-order valence-corrected chi connectivity index (χ1v) is 2.49. The van der Waals surface area contributed by atoms with Crippen molar-refractivity contribution in [1.82, 2.24) is 0 Å². The summed E-state index contributed by atoms with van der Waals surface area (Å²) in [5.41, 5.74) is 5.22. The summed E-state index contributed by atoms with van der Waals surface area (Å²) in [6, 6.07) is -0.667. The monoisotopic (exact) mass is 125 g/mol. The number of hydrogen-bond acceptors (Lipinski definition) is 3. The minimum Gasteiger partial charge on any atom is -0.542 e. The first kappa shape index (κ1) is 8.05. The molecule has 0 aliphatic rings. The molecule has 0 aromatic heterocycles. The first-order valence-electron chi connectivity index (χ1n) is 2.49. The Kier molecular flexibility index (Phi) is 3.57. The van der Waals surface area contributed by atoms with E-state index in [1.54, 1.807) is 0 Å². The number of rotatable bonds is 2. The molecule has 0 aliphatic heterocycles. The van der Waals surface area contributed by atoms with Crippen molar-refractivity contribution in [3.63, 3.8) is 0 Å². The maximum atomic E-state index is 10.5. The zero-order chi connectivity index (χ0) is 7.28. The molecule has 1 atom stereocenters. The Bertz CT molecular complexity index is 140. The van der Waals surface area contributed by atoms with E-state index in [0.717, 1.165) is 0 Å². The van der Waals surface area contributed by atoms with Crippen LogP contribution in [0.1, 0.15) is 6.42 Å². The molecule has 2 N–H and O–H groups in total. The zero-order valence-corrected chi connectivity index (χ0v) is 5.26. The van der Waals surface area contributed by atoms with Crippen molar-refractivity contribution in [1.29, 1.82) is 0 Å². The molecule has 0 bridgehead atoms. The summed E-state index contributed by atoms with van der Waals surface area (Å²) in [5, 5.41) is 0. The van der Waals surface area contributed by atoms with Gasteiger partial charge in [0.2, 0.25) is 0 Å². The van der Waals surface area contributed by atoms with Crippen LogP contribution in [0.5, 0.6) is 0 Å². The van der Waals surface area contributed by atoms with Gasteiger partial charge >= 0.3 is 14.0 Å². The van der Waals surface area contributed by atoms with Crippen LogP contribution in [-0.2, 0) is 9.45 Å². The van der Waals surface area contributed by atoms with Crippen LogP contribution in [0.15, 0.2) is 0 Å². The topological polar surface area (TPSA) is 52.3 Å². The molecule has 3 nitrogen and oxygen atoms in total. The van der Waals surface area contributed by atoms with E-state index in [9.17, 15) is 4.79 Å². The van der Waals surface area contributed by atoms with Crippen LogP contribution in [0.4, 0.5) is 0 Å². The predicted octanol–water partition coefficient (Wildman–Crippen LogP) is -1.57. The summed E-state index contributed by atoms with van der Waals surface area (Å²) in [6.07, 6.45) is 5.11. The summed E-state index contributed by atoms with van der Waals surface area (Å²) < 4.78 is 4.31. The minimum absolute atomic E-state index is 0.229. The Hall–Kier alpha value is -0.945. The number of carbonyl (C=O) groups excluding carboxylic acids is 1. The van der Waals surface area contributed by atoms with E-state index in [1.807, 2.05) is 0 Å². The van der Waals surface area contributed by atoms with E-state index in [-0.39, 0.29) is 6.42 Å². The van der Waals surface area contributed by atoms with E-state index in [2.05, 4.69) is 10.6 Å². The third-order valence-corrected chi connectivity index (χ3v) is 0.842. The molecule has 0 rings (SSSR count). The van der Waals surface area contributed by atoms with E-state index >= 15 is 0 Å². The second-order valence-electron chi connectivity index (χ2n) is 1.54. The predicted molar refractivity (Wildman–Crippen MR) is 36.1 cm³/mol. The molecule has 0 radical (unpaired) electrons. The zero-order valence-electron chi connectivity index (χ0n) is 5.26. The smallest absolute Gasteiger partial charge is 0.326 e. The van der Waals surface area contributed by atoms with Crippen LogP contribution in [0.3, 0.4) is 0 Å². The lowest BCUT2D eigenvalue weighted by Crippen LogP contribution is -2.31. The van der Waals surface area contributed by atoms with Gasteiger partial charge in [-0.2, -0.15) is 0 Å². The average Bonchev–Trinajstić information content (AvgIpc) is 1.87. The van der Waals surface area contributed by atoms with Gasteiger partial charge in [0.15, 0.2) is 0 Å². The summed E-state index contributed by atoms with van der Waals surface area (Å²) in [7, 11) is 1.28. The number of hydrogen-bond donors (Lipinski definition) is 1. The van der Waals surface area contributed by atoms with Gasteiger partial charge in [0.05, 0.1) is 0 Å². The Morgan fingerprint density at radius 1 is 2.00 bits per heavy atom. The maximum Gasteiger partial charge on any atom is 0.326 e. The third-order valence-electron chi connectivity index (χ3n) is 0.842. The van der Waals surface area contributed by atoms with Gasteiger partial charge in [0, 0.05) is 6.42 Å². The molecule has 0 saturated heterocycles. The molecule has 0 heterocycles. The van der Waals surface area contributed by atoms with Crippen molar-refractivity contribution < 1.29 is 9.45 Å². The first-order chi connectivity index (χ1) is 4.22. The Morgan fingerprint density at radius 3 is 2.89 bits per heavy atom. The fraction of sp³-hybridized carbons (Fsp3) is 0.400. The SMILES string of the molecule is BOC(=O)[C@@H](N)CC#C. The van der Waals surface area contributed by atoms with E-state index in [1.165, 1.54) is 8.05 Å². The summed E-state index contributed by atoms with van der Waals surface area (Å²) in [6.45, 7) is 0. The quantitative estimate of drug-likeness (QED) is 0.358. The molecule has 0 spiro atoms. The molecule has 0 saturated carbocycles. The lowest BCUT2D eigenvalue weighted by molar-refractivity contribution is -0.135. The molecule has 0 amide bonds. The van der Waals surface area contributed by atoms with Gasteiger partial charge in [0.1, 0.15) is 6.04 Å². The van der Waals surface area contributed by atoms with Crippen LogP contribution in [0.25, 0.3) is 0 Å². The van der Waals surface area contributed by atoms with Crippen LogP contribution in [-0.4, -0.2) is 20.1 Å². The van der Waals surface area contributed by atoms with Gasteiger partial charge in [-0.3, -0.25) is 4.79 Å². The Morgan fingerprint density at radius 2 is 2.56 bits per heavy atom. The molecule has 9 heavy (non-hydrogen) atoms. The molecule has 4 heteroatoms. The molecule has 0 aromatic rings. The number of terminal acetylenes is 1. The van der Waals surface area contributed by atoms with Crippen molar-refractivity contribution in [2.75, 3.05) is 0 Å². The molecular formula is C5H8BNO2. The van der Waals surface area contributed by atoms with Crippen molar-refractivity contribution >= 4 is 14.0 Å². The minimum atomic E-state index is -0.667. The Balaban J connectivity index is 3.62. The normalized spacial score (nSPS) is 11.6.